The maximum atomic E-state index is 13.6. The quantitative estimate of drug-likeness (QED) is 0.581. The standard InChI is InChI=1S/C23H29N5O5/c1-5-7-11-26(17-18(24)27(10-6-2)23(33)25-19(17)29)20(30)14(4)28-21(31)15-9-8-13(3)12-16(15)22(28)32/h8-9,12,14H,5-7,10-11,24H2,1-4H3,(H,25,29,33). The molecule has 1 aliphatic rings. The van der Waals surface area contributed by atoms with E-state index >= 15 is 0 Å². The summed E-state index contributed by atoms with van der Waals surface area (Å²) >= 11 is 0. The number of aryl methyl sites for hydroxylation is 1. The predicted octanol–water partition coefficient (Wildman–Crippen LogP) is 1.66. The number of carbonyl (C=O) groups is 3. The highest BCUT2D eigenvalue weighted by atomic mass is 16.2. The van der Waals surface area contributed by atoms with Crippen molar-refractivity contribution in [2.75, 3.05) is 17.2 Å². The second-order valence-electron chi connectivity index (χ2n) is 8.19. The number of anilines is 2. The fourth-order valence-corrected chi connectivity index (χ4v) is 3.99. The molecule has 1 aromatic heterocycles. The Bertz CT molecular complexity index is 1230. The zero-order chi connectivity index (χ0) is 24.4. The Balaban J connectivity index is 2.05. The van der Waals surface area contributed by atoms with Crippen LogP contribution in [-0.2, 0) is 11.3 Å². The molecule has 3 rings (SSSR count). The van der Waals surface area contributed by atoms with E-state index in [1.165, 1.54) is 16.4 Å². The van der Waals surface area contributed by atoms with Crippen molar-refractivity contribution < 1.29 is 14.4 Å². The van der Waals surface area contributed by atoms with Gasteiger partial charge in [0, 0.05) is 13.1 Å². The van der Waals surface area contributed by atoms with E-state index in [2.05, 4.69) is 4.98 Å². The number of nitrogen functional groups attached to an aromatic ring is 1. The second kappa shape index (κ2) is 9.43. The number of aromatic amines is 1. The Morgan fingerprint density at radius 1 is 1.09 bits per heavy atom. The van der Waals surface area contributed by atoms with Crippen LogP contribution in [0, 0.1) is 6.92 Å². The van der Waals surface area contributed by atoms with E-state index < -0.39 is 35.0 Å². The Morgan fingerprint density at radius 2 is 1.76 bits per heavy atom. The first-order valence-corrected chi connectivity index (χ1v) is 11.1. The molecule has 0 radical (unpaired) electrons. The number of aromatic nitrogens is 2. The van der Waals surface area contributed by atoms with Crippen LogP contribution in [0.4, 0.5) is 11.5 Å². The summed E-state index contributed by atoms with van der Waals surface area (Å²) in [4.78, 5) is 68.8. The molecular weight excluding hydrogens is 426 g/mol. The SMILES string of the molecule is CCCCN(C(=O)C(C)N1C(=O)c2ccc(C)cc2C1=O)c1c(N)n(CCC)c(=O)[nH]c1=O. The summed E-state index contributed by atoms with van der Waals surface area (Å²) in [5, 5.41) is 0. The summed E-state index contributed by atoms with van der Waals surface area (Å²) in [5.74, 6) is -1.88. The fourth-order valence-electron chi connectivity index (χ4n) is 3.99. The zero-order valence-corrected chi connectivity index (χ0v) is 19.3. The molecule has 2 aromatic rings. The van der Waals surface area contributed by atoms with Crippen LogP contribution in [0.5, 0.6) is 0 Å². The van der Waals surface area contributed by atoms with Crippen molar-refractivity contribution in [1.82, 2.24) is 14.5 Å². The summed E-state index contributed by atoms with van der Waals surface area (Å²) in [6.07, 6.45) is 1.85. The second-order valence-corrected chi connectivity index (χ2v) is 8.19. The third kappa shape index (κ3) is 4.20. The number of nitrogens with two attached hydrogens (primary N) is 1. The molecule has 2 heterocycles. The van der Waals surface area contributed by atoms with E-state index in [9.17, 15) is 24.0 Å². The monoisotopic (exact) mass is 455 g/mol. The Labute approximate surface area is 191 Å². The number of carbonyl (C=O) groups excluding carboxylic acids is 3. The van der Waals surface area contributed by atoms with Gasteiger partial charge < -0.3 is 10.6 Å². The number of rotatable bonds is 8. The molecule has 1 aliphatic heterocycles. The van der Waals surface area contributed by atoms with Gasteiger partial charge in [0.05, 0.1) is 11.1 Å². The van der Waals surface area contributed by atoms with Gasteiger partial charge in [-0.3, -0.25) is 33.6 Å². The van der Waals surface area contributed by atoms with Crippen LogP contribution in [-0.4, -0.2) is 44.8 Å². The van der Waals surface area contributed by atoms with Gasteiger partial charge in [0.1, 0.15) is 11.9 Å². The minimum atomic E-state index is -1.18. The third-order valence-electron chi connectivity index (χ3n) is 5.75. The molecule has 176 valence electrons. The predicted molar refractivity (Wildman–Crippen MR) is 124 cm³/mol. The molecule has 0 bridgehead atoms. The average molecular weight is 456 g/mol. The highest BCUT2D eigenvalue weighted by Gasteiger charge is 2.42. The van der Waals surface area contributed by atoms with E-state index in [1.807, 2.05) is 20.8 Å². The summed E-state index contributed by atoms with van der Waals surface area (Å²) in [6.45, 7) is 7.42. The van der Waals surface area contributed by atoms with Crippen LogP contribution < -0.4 is 21.9 Å². The third-order valence-corrected chi connectivity index (χ3v) is 5.75. The molecular formula is C23H29N5O5. The fraction of sp³-hybridized carbons (Fsp3) is 0.435. The molecule has 1 aromatic carbocycles. The number of hydrogen-bond donors (Lipinski definition) is 2. The molecule has 10 heteroatoms. The van der Waals surface area contributed by atoms with Gasteiger partial charge in [0.2, 0.25) is 5.91 Å². The van der Waals surface area contributed by atoms with Gasteiger partial charge in [-0.25, -0.2) is 4.79 Å². The lowest BCUT2D eigenvalue weighted by molar-refractivity contribution is -0.122. The minimum Gasteiger partial charge on any atom is -0.383 e. The molecule has 10 nitrogen and oxygen atoms in total. The molecule has 0 fully saturated rings. The molecule has 33 heavy (non-hydrogen) atoms. The van der Waals surface area contributed by atoms with E-state index in [0.717, 1.165) is 16.9 Å². The molecule has 3 amide bonds. The van der Waals surface area contributed by atoms with Crippen LogP contribution in [0.15, 0.2) is 27.8 Å². The number of hydrogen-bond acceptors (Lipinski definition) is 6. The molecule has 0 aliphatic carbocycles. The number of amides is 3. The van der Waals surface area contributed by atoms with Gasteiger partial charge in [0.25, 0.3) is 17.4 Å². The number of imide groups is 1. The Morgan fingerprint density at radius 3 is 2.39 bits per heavy atom. The summed E-state index contributed by atoms with van der Waals surface area (Å²) < 4.78 is 1.21. The van der Waals surface area contributed by atoms with Gasteiger partial charge in [-0.15, -0.1) is 0 Å². The number of nitrogens with zero attached hydrogens (tertiary/aromatic N) is 3. The van der Waals surface area contributed by atoms with Crippen LogP contribution in [0.2, 0.25) is 0 Å². The molecule has 1 unspecified atom stereocenters. The topological polar surface area (TPSA) is 139 Å². The molecule has 3 N–H and O–H groups in total. The van der Waals surface area contributed by atoms with Gasteiger partial charge in [0.15, 0.2) is 5.69 Å². The first-order chi connectivity index (χ1) is 15.6. The van der Waals surface area contributed by atoms with Crippen LogP contribution >= 0.6 is 0 Å². The normalized spacial score (nSPS) is 13.9. The largest absolute Gasteiger partial charge is 0.383 e. The number of H-pyrrole nitrogens is 1. The van der Waals surface area contributed by atoms with Crippen LogP contribution in [0.1, 0.15) is 66.3 Å². The lowest BCUT2D eigenvalue weighted by Crippen LogP contribution is -2.51. The molecule has 0 saturated carbocycles. The summed E-state index contributed by atoms with van der Waals surface area (Å²) in [6, 6.07) is 3.73. The first kappa shape index (κ1) is 24.0. The lowest BCUT2D eigenvalue weighted by atomic mass is 10.1. The first-order valence-electron chi connectivity index (χ1n) is 11.1. The lowest BCUT2D eigenvalue weighted by Gasteiger charge is -2.30. The van der Waals surface area contributed by atoms with Crippen molar-refractivity contribution in [1.29, 1.82) is 0 Å². The van der Waals surface area contributed by atoms with Crippen LogP contribution in [0.3, 0.4) is 0 Å². The van der Waals surface area contributed by atoms with Gasteiger partial charge >= 0.3 is 5.69 Å². The Hall–Kier alpha value is -3.69. The van der Waals surface area contributed by atoms with Gasteiger partial charge in [-0.05, 0) is 38.8 Å². The maximum absolute atomic E-state index is 13.6. The number of benzene rings is 1. The smallest absolute Gasteiger partial charge is 0.330 e. The Kier molecular flexibility index (Phi) is 6.85. The summed E-state index contributed by atoms with van der Waals surface area (Å²) in [7, 11) is 0. The zero-order valence-electron chi connectivity index (χ0n) is 19.3. The van der Waals surface area contributed by atoms with E-state index in [0.29, 0.717) is 12.8 Å². The van der Waals surface area contributed by atoms with Crippen molar-refractivity contribution in [3.8, 4) is 0 Å². The minimum absolute atomic E-state index is 0.125. The number of fused-ring (bicyclic) bond motifs is 1. The van der Waals surface area contributed by atoms with Crippen molar-refractivity contribution in [3.05, 3.63) is 55.7 Å². The molecule has 0 spiro atoms. The van der Waals surface area contributed by atoms with Crippen molar-refractivity contribution in [2.45, 2.75) is 59.5 Å². The van der Waals surface area contributed by atoms with Gasteiger partial charge in [-0.2, -0.15) is 0 Å². The highest BCUT2D eigenvalue weighted by molar-refractivity contribution is 6.23. The van der Waals surface area contributed by atoms with Gasteiger partial charge in [-0.1, -0.05) is 31.9 Å². The van der Waals surface area contributed by atoms with E-state index in [4.69, 9.17) is 5.73 Å². The molecule has 0 saturated heterocycles. The number of unbranched alkanes of at least 4 members (excludes halogenated alkanes) is 1. The maximum Gasteiger partial charge on any atom is 0.330 e. The van der Waals surface area contributed by atoms with E-state index in [-0.39, 0.29) is 35.7 Å². The highest BCUT2D eigenvalue weighted by Crippen LogP contribution is 2.27. The molecule has 1 atom stereocenters. The summed E-state index contributed by atoms with van der Waals surface area (Å²) in [5.41, 5.74) is 5.87. The van der Waals surface area contributed by atoms with Crippen molar-refractivity contribution in [2.24, 2.45) is 0 Å². The van der Waals surface area contributed by atoms with Crippen LogP contribution in [0.25, 0.3) is 0 Å². The van der Waals surface area contributed by atoms with Crippen molar-refractivity contribution in [3.63, 3.8) is 0 Å². The van der Waals surface area contributed by atoms with E-state index in [1.54, 1.807) is 18.2 Å². The number of nitrogens with one attached hydrogen (secondary N) is 1. The van der Waals surface area contributed by atoms with Crippen molar-refractivity contribution >= 4 is 29.2 Å². The average Bonchev–Trinajstić information content (AvgIpc) is 3.01.